The molecule has 0 atom stereocenters. The first-order chi connectivity index (χ1) is 8.17. The minimum absolute atomic E-state index is 0.886. The van der Waals surface area contributed by atoms with Gasteiger partial charge in [0, 0.05) is 13.3 Å². The van der Waals surface area contributed by atoms with Gasteiger partial charge in [-0.3, -0.25) is 0 Å². The Morgan fingerprint density at radius 1 is 1.12 bits per heavy atom. The summed E-state index contributed by atoms with van der Waals surface area (Å²) in [6, 6.07) is 5.88. The summed E-state index contributed by atoms with van der Waals surface area (Å²) in [7, 11) is -0.886. The van der Waals surface area contributed by atoms with E-state index in [-0.39, 0.29) is 0 Å². The van der Waals surface area contributed by atoms with Gasteiger partial charge in [0.1, 0.15) is 0 Å². The van der Waals surface area contributed by atoms with Crippen LogP contribution in [0.4, 0.5) is 0 Å². The fraction of sp³-hybridized carbons (Fsp3) is 0.786. The lowest BCUT2D eigenvalue weighted by molar-refractivity contribution is -0.705. The molecule has 17 heavy (non-hydrogen) atoms. The second-order valence-electron chi connectivity index (χ2n) is 5.21. The summed E-state index contributed by atoms with van der Waals surface area (Å²) in [5.41, 5.74) is 1.23. The van der Waals surface area contributed by atoms with E-state index in [0.717, 1.165) is 6.54 Å². The van der Waals surface area contributed by atoms with Crippen molar-refractivity contribution in [1.82, 2.24) is 0 Å². The topological polar surface area (TPSA) is 17.0 Å². The average molecular weight is 254 g/mol. The monoisotopic (exact) mass is 254 g/mol. The lowest BCUT2D eigenvalue weighted by Crippen LogP contribution is -2.35. The average Bonchev–Trinajstić information content (AvgIpc) is 2.76. The fourth-order valence-corrected chi connectivity index (χ4v) is 6.21. The summed E-state index contributed by atoms with van der Waals surface area (Å²) in [5, 5.41) is 0. The van der Waals surface area contributed by atoms with E-state index in [1.807, 2.05) is 12.7 Å². The maximum absolute atomic E-state index is 5.18. The molecule has 0 radical (unpaired) electrons. The SMILES string of the molecule is CC[Si](CC)(CC)CCCC[n+]1cocc1C. The summed E-state index contributed by atoms with van der Waals surface area (Å²) in [4.78, 5) is 0. The number of aryl methyl sites for hydroxylation is 2. The van der Waals surface area contributed by atoms with Gasteiger partial charge in [-0.25, -0.2) is 0 Å². The van der Waals surface area contributed by atoms with Gasteiger partial charge in [0.2, 0.25) is 5.69 Å². The Bertz CT molecular complexity index is 310. The molecule has 1 rings (SSSR count). The lowest BCUT2D eigenvalue weighted by Gasteiger charge is -2.27. The molecule has 3 heteroatoms. The van der Waals surface area contributed by atoms with Crippen LogP contribution in [0.3, 0.4) is 0 Å². The highest BCUT2D eigenvalue weighted by atomic mass is 28.3. The van der Waals surface area contributed by atoms with Crippen LogP contribution in [-0.4, -0.2) is 8.07 Å². The van der Waals surface area contributed by atoms with Gasteiger partial charge in [0.05, 0.1) is 8.07 Å². The van der Waals surface area contributed by atoms with Crippen LogP contribution in [0.2, 0.25) is 24.2 Å². The Balaban J connectivity index is 2.30. The Morgan fingerprint density at radius 2 is 1.76 bits per heavy atom. The van der Waals surface area contributed by atoms with Crippen LogP contribution < -0.4 is 4.57 Å². The molecule has 2 nitrogen and oxygen atoms in total. The maximum Gasteiger partial charge on any atom is 0.334 e. The van der Waals surface area contributed by atoms with Crippen molar-refractivity contribution >= 4 is 8.07 Å². The third-order valence-electron chi connectivity index (χ3n) is 4.49. The van der Waals surface area contributed by atoms with Gasteiger partial charge < -0.3 is 4.42 Å². The molecule has 0 saturated carbocycles. The summed E-state index contributed by atoms with van der Waals surface area (Å²) in [5.74, 6) is 0. The first kappa shape index (κ1) is 14.5. The number of hydrogen-bond acceptors (Lipinski definition) is 1. The molecule has 0 bridgehead atoms. The van der Waals surface area contributed by atoms with Crippen molar-refractivity contribution in [2.75, 3.05) is 0 Å². The molecular weight excluding hydrogens is 226 g/mol. The van der Waals surface area contributed by atoms with Crippen molar-refractivity contribution in [3.8, 4) is 0 Å². The fourth-order valence-electron chi connectivity index (χ4n) is 2.64. The zero-order chi connectivity index (χ0) is 12.7. The van der Waals surface area contributed by atoms with Crippen molar-refractivity contribution in [3.05, 3.63) is 18.4 Å². The van der Waals surface area contributed by atoms with Crippen LogP contribution in [0.25, 0.3) is 0 Å². The molecule has 0 amide bonds. The third-order valence-corrected chi connectivity index (χ3v) is 10.4. The van der Waals surface area contributed by atoms with E-state index in [9.17, 15) is 0 Å². The molecule has 0 aromatic carbocycles. The predicted molar refractivity (Wildman–Crippen MR) is 74.9 cm³/mol. The number of nitrogens with zero attached hydrogens (tertiary/aromatic N) is 1. The van der Waals surface area contributed by atoms with Gasteiger partial charge in [-0.15, -0.1) is 0 Å². The second kappa shape index (κ2) is 6.99. The van der Waals surface area contributed by atoms with E-state index in [1.165, 1.54) is 42.7 Å². The van der Waals surface area contributed by atoms with Gasteiger partial charge in [-0.05, 0) is 6.42 Å². The van der Waals surface area contributed by atoms with E-state index in [0.29, 0.717) is 0 Å². The molecule has 0 aliphatic rings. The van der Waals surface area contributed by atoms with Crippen LogP contribution in [0.1, 0.15) is 39.3 Å². The summed E-state index contributed by atoms with van der Waals surface area (Å²) >= 11 is 0. The van der Waals surface area contributed by atoms with Gasteiger partial charge in [-0.2, -0.15) is 4.57 Å². The molecular formula is C14H28NOSi+. The van der Waals surface area contributed by atoms with Gasteiger partial charge in [0.25, 0.3) is 0 Å². The standard InChI is InChI=1S/C14H28NOSi/c1-5-17(6-2,7-3)11-9-8-10-15-13-16-12-14(15)4/h12-13H,5-11H2,1-4H3/q+1. The van der Waals surface area contributed by atoms with Crippen LogP contribution in [0.15, 0.2) is 17.1 Å². The van der Waals surface area contributed by atoms with Crippen LogP contribution in [0, 0.1) is 6.92 Å². The Labute approximate surface area is 107 Å². The quantitative estimate of drug-likeness (QED) is 0.387. The van der Waals surface area contributed by atoms with Crippen LogP contribution in [0.5, 0.6) is 0 Å². The molecule has 0 saturated heterocycles. The van der Waals surface area contributed by atoms with Crippen molar-refractivity contribution < 1.29 is 8.98 Å². The summed E-state index contributed by atoms with van der Waals surface area (Å²) in [6.45, 7) is 10.4. The highest BCUT2D eigenvalue weighted by molar-refractivity contribution is 6.79. The predicted octanol–water partition coefficient (Wildman–Crippen LogP) is 4.16. The number of aromatic nitrogens is 1. The van der Waals surface area contributed by atoms with Crippen molar-refractivity contribution in [1.29, 1.82) is 0 Å². The third kappa shape index (κ3) is 3.98. The second-order valence-corrected chi connectivity index (χ2v) is 10.8. The molecule has 0 N–H and O–H groups in total. The molecule has 0 aliphatic carbocycles. The van der Waals surface area contributed by atoms with E-state index < -0.39 is 8.07 Å². The smallest absolute Gasteiger partial charge is 0.334 e. The van der Waals surface area contributed by atoms with Crippen LogP contribution >= 0.6 is 0 Å². The molecule has 0 unspecified atom stereocenters. The van der Waals surface area contributed by atoms with Gasteiger partial charge in [0.15, 0.2) is 12.8 Å². The largest absolute Gasteiger partial charge is 0.412 e. The first-order valence-corrected chi connectivity index (χ1v) is 9.92. The molecule has 0 aliphatic heterocycles. The van der Waals surface area contributed by atoms with Crippen molar-refractivity contribution in [2.24, 2.45) is 0 Å². The first-order valence-electron chi connectivity index (χ1n) is 7.09. The highest BCUT2D eigenvalue weighted by Gasteiger charge is 2.25. The molecule has 1 aromatic rings. The number of unbranched alkanes of at least 4 members (excludes halogenated alkanes) is 1. The van der Waals surface area contributed by atoms with Gasteiger partial charge >= 0.3 is 6.39 Å². The van der Waals surface area contributed by atoms with E-state index >= 15 is 0 Å². The summed E-state index contributed by atoms with van der Waals surface area (Å²) < 4.78 is 7.39. The molecule has 0 spiro atoms. The number of oxazole rings is 1. The van der Waals surface area contributed by atoms with Crippen molar-refractivity contribution in [2.45, 2.75) is 71.3 Å². The normalized spacial score (nSPS) is 12.0. The maximum atomic E-state index is 5.18. The van der Waals surface area contributed by atoms with E-state index in [1.54, 1.807) is 0 Å². The van der Waals surface area contributed by atoms with Crippen LogP contribution in [-0.2, 0) is 6.54 Å². The van der Waals surface area contributed by atoms with Crippen molar-refractivity contribution in [3.63, 3.8) is 0 Å². The Morgan fingerprint density at radius 3 is 2.24 bits per heavy atom. The van der Waals surface area contributed by atoms with E-state index in [4.69, 9.17) is 4.42 Å². The zero-order valence-corrected chi connectivity index (χ0v) is 13.0. The van der Waals surface area contributed by atoms with E-state index in [2.05, 4.69) is 32.3 Å². The number of hydrogen-bond donors (Lipinski definition) is 0. The lowest BCUT2D eigenvalue weighted by atomic mass is 10.3. The molecule has 0 fully saturated rings. The Kier molecular flexibility index (Phi) is 5.96. The molecule has 98 valence electrons. The zero-order valence-electron chi connectivity index (χ0n) is 12.0. The highest BCUT2D eigenvalue weighted by Crippen LogP contribution is 2.27. The minimum Gasteiger partial charge on any atom is -0.412 e. The minimum atomic E-state index is -0.886. The van der Waals surface area contributed by atoms with Gasteiger partial charge in [-0.1, -0.05) is 44.9 Å². The molecule has 1 aromatic heterocycles. The Hall–Kier alpha value is -0.573. The number of rotatable bonds is 8. The molecule has 1 heterocycles. The summed E-state index contributed by atoms with van der Waals surface area (Å²) in [6.07, 6.45) is 6.34.